The summed E-state index contributed by atoms with van der Waals surface area (Å²) in [7, 11) is 0. The number of hydrogen-bond donors (Lipinski definition) is 1. The fourth-order valence-corrected chi connectivity index (χ4v) is 5.25. The van der Waals surface area contributed by atoms with Crippen LogP contribution in [0.5, 0.6) is 0 Å². The third kappa shape index (κ3) is 6.36. The Morgan fingerprint density at radius 1 is 0.829 bits per heavy atom. The maximum Gasteiger partial charge on any atom is 0.410 e. The summed E-state index contributed by atoms with van der Waals surface area (Å²) in [4.78, 5) is 17.3. The number of piperazine rings is 2. The van der Waals surface area contributed by atoms with E-state index in [9.17, 15) is 4.79 Å². The molecule has 2 heterocycles. The van der Waals surface area contributed by atoms with Gasteiger partial charge >= 0.3 is 6.09 Å². The first-order valence-electron chi connectivity index (χ1n) is 11.8. The van der Waals surface area contributed by atoms with Crippen molar-refractivity contribution in [1.82, 2.24) is 15.1 Å². The minimum atomic E-state index is -0.219. The number of fused-ring (bicyclic) bond motifs is 1. The van der Waals surface area contributed by atoms with E-state index in [1.807, 2.05) is 35.2 Å². The largest absolute Gasteiger partial charge is 0.445 e. The van der Waals surface area contributed by atoms with Gasteiger partial charge in [-0.05, 0) is 16.7 Å². The van der Waals surface area contributed by atoms with Gasteiger partial charge in [0.25, 0.3) is 0 Å². The number of ether oxygens (including phenoxy) is 1. The Morgan fingerprint density at radius 2 is 1.40 bits per heavy atom. The van der Waals surface area contributed by atoms with Crippen LogP contribution < -0.4 is 5.32 Å². The summed E-state index contributed by atoms with van der Waals surface area (Å²) >= 11 is 0. The maximum absolute atomic E-state index is 12.8. The Balaban J connectivity index is 0.00000171. The molecule has 2 saturated heterocycles. The molecule has 3 aromatic carbocycles. The molecule has 0 spiro atoms. The second-order valence-electron chi connectivity index (χ2n) is 8.90. The Labute approximate surface area is 220 Å². The highest BCUT2D eigenvalue weighted by Crippen LogP contribution is 2.34. The van der Waals surface area contributed by atoms with Gasteiger partial charge in [-0.2, -0.15) is 0 Å². The van der Waals surface area contributed by atoms with Gasteiger partial charge in [0.15, 0.2) is 0 Å². The van der Waals surface area contributed by atoms with Crippen molar-refractivity contribution in [3.05, 3.63) is 108 Å². The van der Waals surface area contributed by atoms with E-state index in [2.05, 4.69) is 70.9 Å². The van der Waals surface area contributed by atoms with Crippen LogP contribution in [-0.4, -0.2) is 60.7 Å². The lowest BCUT2D eigenvalue weighted by Gasteiger charge is -2.50. The van der Waals surface area contributed by atoms with Crippen LogP contribution in [0.15, 0.2) is 91.0 Å². The predicted octanol–water partition coefficient (Wildman–Crippen LogP) is 4.96. The van der Waals surface area contributed by atoms with Gasteiger partial charge in [-0.25, -0.2) is 4.79 Å². The third-order valence-electron chi connectivity index (χ3n) is 6.85. The summed E-state index contributed by atoms with van der Waals surface area (Å²) in [6.45, 7) is 4.37. The quantitative estimate of drug-likeness (QED) is 0.523. The number of hydrogen-bond acceptors (Lipinski definition) is 4. The second kappa shape index (κ2) is 12.9. The van der Waals surface area contributed by atoms with Gasteiger partial charge in [-0.1, -0.05) is 91.0 Å². The number of carbonyl (C=O) groups excluding carboxylic acids is 1. The molecule has 0 aromatic heterocycles. The van der Waals surface area contributed by atoms with Crippen LogP contribution in [0.2, 0.25) is 0 Å². The second-order valence-corrected chi connectivity index (χ2v) is 8.90. The standard InChI is InChI=1S/C28H31N3O2.2ClH/c32-28(33-21-22-10-4-1-5-11-22)30-16-17-31-25(20-30)18-29-19-26(31)27(23-12-6-2-7-13-23)24-14-8-3-9-15-24;;/h1-15,25-27,29H,16-21H2;2*1H/t25-,26-;;/m0../s1. The Kier molecular flexibility index (Phi) is 9.99. The molecule has 1 amide bonds. The molecule has 7 heteroatoms. The van der Waals surface area contributed by atoms with Crippen LogP contribution in [0.25, 0.3) is 0 Å². The summed E-state index contributed by atoms with van der Waals surface area (Å²) in [6, 6.07) is 32.1. The minimum Gasteiger partial charge on any atom is -0.445 e. The van der Waals surface area contributed by atoms with Gasteiger partial charge in [-0.3, -0.25) is 4.90 Å². The number of nitrogens with zero attached hydrogens (tertiary/aromatic N) is 2. The molecular weight excluding hydrogens is 481 g/mol. The highest BCUT2D eigenvalue weighted by molar-refractivity contribution is 5.85. The minimum absolute atomic E-state index is 0. The van der Waals surface area contributed by atoms with Crippen molar-refractivity contribution >= 4 is 30.9 Å². The number of halogens is 2. The molecule has 35 heavy (non-hydrogen) atoms. The highest BCUT2D eigenvalue weighted by Gasteiger charge is 2.40. The monoisotopic (exact) mass is 513 g/mol. The van der Waals surface area contributed by atoms with E-state index in [1.165, 1.54) is 11.1 Å². The highest BCUT2D eigenvalue weighted by atomic mass is 35.5. The summed E-state index contributed by atoms with van der Waals surface area (Å²) in [5.74, 6) is 0.277. The number of benzene rings is 3. The lowest BCUT2D eigenvalue weighted by molar-refractivity contribution is 0.00851. The molecule has 5 nitrogen and oxygen atoms in total. The lowest BCUT2D eigenvalue weighted by Crippen LogP contribution is -2.66. The van der Waals surface area contributed by atoms with Crippen molar-refractivity contribution in [3.8, 4) is 0 Å². The van der Waals surface area contributed by atoms with Crippen molar-refractivity contribution < 1.29 is 9.53 Å². The van der Waals surface area contributed by atoms with Gasteiger partial charge in [0, 0.05) is 50.7 Å². The lowest BCUT2D eigenvalue weighted by atomic mass is 9.82. The molecule has 0 saturated carbocycles. The fraction of sp³-hybridized carbons (Fsp3) is 0.321. The van der Waals surface area contributed by atoms with Crippen LogP contribution in [0.1, 0.15) is 22.6 Å². The molecule has 0 radical (unpaired) electrons. The molecule has 0 aliphatic carbocycles. The number of nitrogens with one attached hydrogen (secondary N) is 1. The normalized spacial score (nSPS) is 19.7. The van der Waals surface area contributed by atoms with E-state index in [4.69, 9.17) is 4.74 Å². The summed E-state index contributed by atoms with van der Waals surface area (Å²) in [5.41, 5.74) is 3.68. The zero-order valence-electron chi connectivity index (χ0n) is 19.7. The fourth-order valence-electron chi connectivity index (χ4n) is 5.25. The molecule has 2 aliphatic rings. The SMILES string of the molecule is Cl.Cl.O=C(OCc1ccccc1)N1CCN2[C@@H](CNC[C@H]2C(c2ccccc2)c2ccccc2)C1. The third-order valence-corrected chi connectivity index (χ3v) is 6.85. The van der Waals surface area contributed by atoms with Gasteiger partial charge in [0.1, 0.15) is 6.61 Å². The van der Waals surface area contributed by atoms with E-state index in [1.54, 1.807) is 0 Å². The number of carbonyl (C=O) groups is 1. The van der Waals surface area contributed by atoms with E-state index < -0.39 is 0 Å². The summed E-state index contributed by atoms with van der Waals surface area (Å²) < 4.78 is 5.61. The topological polar surface area (TPSA) is 44.8 Å². The Morgan fingerprint density at radius 3 is 2.00 bits per heavy atom. The first-order valence-corrected chi connectivity index (χ1v) is 11.8. The van der Waals surface area contributed by atoms with Crippen molar-refractivity contribution in [2.75, 3.05) is 32.7 Å². The Bertz CT molecular complexity index is 1000. The van der Waals surface area contributed by atoms with Crippen molar-refractivity contribution in [2.45, 2.75) is 24.6 Å². The Hall–Kier alpha value is -2.57. The average Bonchev–Trinajstić information content (AvgIpc) is 2.89. The first kappa shape index (κ1) is 27.0. The zero-order valence-corrected chi connectivity index (χ0v) is 21.3. The smallest absolute Gasteiger partial charge is 0.410 e. The van der Waals surface area contributed by atoms with Crippen LogP contribution in [0, 0.1) is 0 Å². The van der Waals surface area contributed by atoms with Crippen LogP contribution >= 0.6 is 24.8 Å². The van der Waals surface area contributed by atoms with E-state index in [0.717, 1.165) is 25.2 Å². The summed E-state index contributed by atoms with van der Waals surface area (Å²) in [6.07, 6.45) is -0.219. The number of rotatable bonds is 5. The predicted molar refractivity (Wildman–Crippen MR) is 145 cm³/mol. The molecule has 2 fully saturated rings. The van der Waals surface area contributed by atoms with E-state index >= 15 is 0 Å². The maximum atomic E-state index is 12.8. The van der Waals surface area contributed by atoms with Gasteiger partial charge in [0.05, 0.1) is 0 Å². The number of amides is 1. The molecule has 5 rings (SSSR count). The van der Waals surface area contributed by atoms with Crippen molar-refractivity contribution in [2.24, 2.45) is 0 Å². The van der Waals surface area contributed by atoms with Crippen LogP contribution in [-0.2, 0) is 11.3 Å². The van der Waals surface area contributed by atoms with Crippen LogP contribution in [0.3, 0.4) is 0 Å². The zero-order chi connectivity index (χ0) is 22.5. The first-order chi connectivity index (χ1) is 16.3. The van der Waals surface area contributed by atoms with E-state index in [0.29, 0.717) is 25.7 Å². The van der Waals surface area contributed by atoms with E-state index in [-0.39, 0.29) is 42.9 Å². The average molecular weight is 514 g/mol. The molecule has 1 N–H and O–H groups in total. The molecule has 3 aromatic rings. The molecular formula is C28H33Cl2N3O2. The van der Waals surface area contributed by atoms with Gasteiger partial charge in [0.2, 0.25) is 0 Å². The van der Waals surface area contributed by atoms with Gasteiger partial charge in [-0.15, -0.1) is 24.8 Å². The molecule has 0 unspecified atom stereocenters. The van der Waals surface area contributed by atoms with Gasteiger partial charge < -0.3 is 15.0 Å². The molecule has 0 bridgehead atoms. The summed E-state index contributed by atoms with van der Waals surface area (Å²) in [5, 5.41) is 3.65. The van der Waals surface area contributed by atoms with Crippen LogP contribution in [0.4, 0.5) is 4.79 Å². The molecule has 2 aliphatic heterocycles. The molecule has 186 valence electrons. The van der Waals surface area contributed by atoms with Crippen molar-refractivity contribution in [1.29, 1.82) is 0 Å². The molecule has 2 atom stereocenters. The van der Waals surface area contributed by atoms with Crippen molar-refractivity contribution in [3.63, 3.8) is 0 Å².